The lowest BCUT2D eigenvalue weighted by molar-refractivity contribution is -0.0904. The van der Waals surface area contributed by atoms with Crippen molar-refractivity contribution in [2.75, 3.05) is 26.6 Å². The second-order valence-electron chi connectivity index (χ2n) is 6.12. The third kappa shape index (κ3) is 2.49. The van der Waals surface area contributed by atoms with Crippen LogP contribution in [0.25, 0.3) is 11.2 Å². The summed E-state index contributed by atoms with van der Waals surface area (Å²) in [5.41, 5.74) is 4.81. The van der Waals surface area contributed by atoms with Gasteiger partial charge in [-0.3, -0.25) is 18.1 Å². The molecule has 0 aromatic carbocycles. The molecule has 4 rings (SSSR count). The number of methoxy groups -OCH3 is 1. The molecule has 26 heavy (non-hydrogen) atoms. The first-order valence-electron chi connectivity index (χ1n) is 7.69. The van der Waals surface area contributed by atoms with E-state index in [-0.39, 0.29) is 18.4 Å². The van der Waals surface area contributed by atoms with Crippen LogP contribution >= 0.6 is 7.82 Å². The number of phosphoric ester groups is 1. The lowest BCUT2D eigenvalue weighted by Gasteiger charge is -2.34. The van der Waals surface area contributed by atoms with Crippen molar-refractivity contribution in [3.8, 4) is 5.88 Å². The molecule has 0 saturated carbocycles. The van der Waals surface area contributed by atoms with Crippen LogP contribution in [0.3, 0.4) is 0 Å². The number of phosphoric acid groups is 1. The molecule has 2 aliphatic heterocycles. The van der Waals surface area contributed by atoms with E-state index in [9.17, 15) is 9.67 Å². The van der Waals surface area contributed by atoms with E-state index in [0.29, 0.717) is 11.2 Å². The molecule has 13 heteroatoms. The highest BCUT2D eigenvalue weighted by molar-refractivity contribution is 7.48. The van der Waals surface area contributed by atoms with Crippen LogP contribution in [0.1, 0.15) is 13.2 Å². The molecular formula is C13H18N5O7P. The van der Waals surface area contributed by atoms with E-state index in [1.54, 1.807) is 0 Å². The van der Waals surface area contributed by atoms with Gasteiger partial charge in [-0.2, -0.15) is 9.97 Å². The first kappa shape index (κ1) is 17.6. The van der Waals surface area contributed by atoms with E-state index in [2.05, 4.69) is 15.0 Å². The van der Waals surface area contributed by atoms with Crippen molar-refractivity contribution in [3.63, 3.8) is 0 Å². The standard InChI is InChI=1S/C13H18N5O7P/c1-13(19)8-6(4-23-26(20,22-3)25-8)24-11(13)18-5-15-7-9(18)16-12(14)17-10(7)21-2/h5-6,8,11,19H,4H2,1-3H3,(H2,14,16,17)/t6-,8-,11-,13-,26?/m1/s1. The van der Waals surface area contributed by atoms with Crippen LogP contribution in [0.2, 0.25) is 0 Å². The normalized spacial score (nSPS) is 37.0. The maximum Gasteiger partial charge on any atom is 0.475 e. The Morgan fingerprint density at radius 2 is 2.23 bits per heavy atom. The monoisotopic (exact) mass is 387 g/mol. The van der Waals surface area contributed by atoms with Crippen molar-refractivity contribution < 1.29 is 32.7 Å². The number of rotatable bonds is 3. The molecule has 12 nitrogen and oxygen atoms in total. The van der Waals surface area contributed by atoms with Gasteiger partial charge in [0, 0.05) is 7.11 Å². The topological polar surface area (TPSA) is 153 Å². The van der Waals surface area contributed by atoms with Gasteiger partial charge >= 0.3 is 7.82 Å². The zero-order valence-electron chi connectivity index (χ0n) is 14.2. The quantitative estimate of drug-likeness (QED) is 0.696. The van der Waals surface area contributed by atoms with Gasteiger partial charge < -0.3 is 20.3 Å². The number of aromatic nitrogens is 4. The molecule has 1 unspecified atom stereocenters. The van der Waals surface area contributed by atoms with Crippen molar-refractivity contribution in [2.24, 2.45) is 0 Å². The van der Waals surface area contributed by atoms with E-state index in [1.807, 2.05) is 0 Å². The number of anilines is 1. The van der Waals surface area contributed by atoms with Crippen molar-refractivity contribution in [1.82, 2.24) is 19.5 Å². The van der Waals surface area contributed by atoms with E-state index >= 15 is 0 Å². The smallest absolute Gasteiger partial charge is 0.475 e. The fraction of sp³-hybridized carbons (Fsp3) is 0.615. The highest BCUT2D eigenvalue weighted by Crippen LogP contribution is 2.58. The molecule has 2 aliphatic rings. The molecule has 0 radical (unpaired) electrons. The van der Waals surface area contributed by atoms with Gasteiger partial charge in [-0.1, -0.05) is 0 Å². The summed E-state index contributed by atoms with van der Waals surface area (Å²) in [6, 6.07) is 0. The lowest BCUT2D eigenvalue weighted by atomic mass is 9.96. The van der Waals surface area contributed by atoms with E-state index in [0.717, 1.165) is 0 Å². The summed E-state index contributed by atoms with van der Waals surface area (Å²) >= 11 is 0. The third-order valence-electron chi connectivity index (χ3n) is 4.43. The van der Waals surface area contributed by atoms with Gasteiger partial charge in [0.2, 0.25) is 11.8 Å². The van der Waals surface area contributed by atoms with Crippen LogP contribution in [0.15, 0.2) is 6.33 Å². The lowest BCUT2D eigenvalue weighted by Crippen LogP contribution is -2.47. The first-order chi connectivity index (χ1) is 12.3. The number of nitrogen functional groups attached to an aromatic ring is 1. The number of imidazole rings is 1. The molecule has 0 spiro atoms. The maximum absolute atomic E-state index is 12.3. The van der Waals surface area contributed by atoms with E-state index in [1.165, 1.54) is 32.0 Å². The number of ether oxygens (including phenoxy) is 2. The van der Waals surface area contributed by atoms with Crippen LogP contribution in [0.4, 0.5) is 5.95 Å². The Morgan fingerprint density at radius 3 is 2.92 bits per heavy atom. The molecule has 2 fully saturated rings. The summed E-state index contributed by atoms with van der Waals surface area (Å²) in [7, 11) is -1.10. The number of hydrogen-bond acceptors (Lipinski definition) is 11. The average molecular weight is 387 g/mol. The number of nitrogens with two attached hydrogens (primary N) is 1. The second-order valence-corrected chi connectivity index (χ2v) is 7.85. The summed E-state index contributed by atoms with van der Waals surface area (Å²) in [6.45, 7) is 1.44. The maximum atomic E-state index is 12.3. The number of hydrogen-bond donors (Lipinski definition) is 2. The molecule has 2 saturated heterocycles. The number of nitrogens with zero attached hydrogens (tertiary/aromatic N) is 4. The molecule has 0 bridgehead atoms. The summed E-state index contributed by atoms with van der Waals surface area (Å²) in [4.78, 5) is 12.3. The largest absolute Gasteiger partial charge is 0.479 e. The van der Waals surface area contributed by atoms with Gasteiger partial charge in [-0.05, 0) is 6.92 Å². The Labute approximate surface area is 147 Å². The van der Waals surface area contributed by atoms with Crippen LogP contribution in [-0.4, -0.2) is 63.3 Å². The molecule has 142 valence electrons. The Balaban J connectivity index is 1.77. The van der Waals surface area contributed by atoms with E-state index in [4.69, 9.17) is 28.8 Å². The van der Waals surface area contributed by atoms with Gasteiger partial charge in [-0.15, -0.1) is 0 Å². The minimum atomic E-state index is -3.75. The molecule has 4 heterocycles. The van der Waals surface area contributed by atoms with Crippen LogP contribution < -0.4 is 10.5 Å². The first-order valence-corrected chi connectivity index (χ1v) is 9.15. The average Bonchev–Trinajstić information content (AvgIpc) is 3.13. The Morgan fingerprint density at radius 1 is 1.46 bits per heavy atom. The molecule has 3 N–H and O–H groups in total. The predicted octanol–water partition coefficient (Wildman–Crippen LogP) is 0.235. The SMILES string of the molecule is COc1nc(N)nc2c1ncn2[C@@H]1O[C@@H]2COP(=O)(OC)O[C@H]2[C@@]1(C)O. The van der Waals surface area contributed by atoms with Crippen LogP contribution in [-0.2, 0) is 22.9 Å². The van der Waals surface area contributed by atoms with Gasteiger partial charge in [-0.25, -0.2) is 9.55 Å². The molecule has 5 atom stereocenters. The minimum Gasteiger partial charge on any atom is -0.479 e. The van der Waals surface area contributed by atoms with Crippen molar-refractivity contribution in [1.29, 1.82) is 0 Å². The Hall–Kier alpha value is -1.82. The third-order valence-corrected chi connectivity index (χ3v) is 5.83. The minimum absolute atomic E-state index is 0.0189. The van der Waals surface area contributed by atoms with Gasteiger partial charge in [0.1, 0.15) is 17.8 Å². The number of fused-ring (bicyclic) bond motifs is 2. The summed E-state index contributed by atoms with van der Waals surface area (Å²) < 4.78 is 40.1. The molecular weight excluding hydrogens is 369 g/mol. The highest BCUT2D eigenvalue weighted by atomic mass is 31.2. The molecule has 2 aromatic rings. The second kappa shape index (κ2) is 5.84. The summed E-state index contributed by atoms with van der Waals surface area (Å²) in [5, 5.41) is 11.1. The summed E-state index contributed by atoms with van der Waals surface area (Å²) in [6.07, 6.45) is -1.13. The summed E-state index contributed by atoms with van der Waals surface area (Å²) in [5.74, 6) is 0.180. The van der Waals surface area contributed by atoms with E-state index < -0.39 is 31.9 Å². The zero-order valence-corrected chi connectivity index (χ0v) is 15.1. The molecule has 2 aromatic heterocycles. The Bertz CT molecular complexity index is 902. The highest BCUT2D eigenvalue weighted by Gasteiger charge is 2.60. The fourth-order valence-corrected chi connectivity index (χ4v) is 4.40. The Kier molecular flexibility index (Phi) is 3.95. The van der Waals surface area contributed by atoms with Crippen LogP contribution in [0, 0.1) is 0 Å². The van der Waals surface area contributed by atoms with Gasteiger partial charge in [0.15, 0.2) is 17.4 Å². The molecule has 0 aliphatic carbocycles. The van der Waals surface area contributed by atoms with Crippen molar-refractivity contribution in [3.05, 3.63) is 6.33 Å². The van der Waals surface area contributed by atoms with Gasteiger partial charge in [0.05, 0.1) is 20.0 Å². The fourth-order valence-electron chi connectivity index (χ4n) is 3.19. The van der Waals surface area contributed by atoms with Gasteiger partial charge in [0.25, 0.3) is 0 Å². The van der Waals surface area contributed by atoms with Crippen molar-refractivity contribution >= 4 is 24.9 Å². The number of aliphatic hydroxyl groups is 1. The van der Waals surface area contributed by atoms with Crippen LogP contribution in [0.5, 0.6) is 5.88 Å². The zero-order chi connectivity index (χ0) is 18.7. The predicted molar refractivity (Wildman–Crippen MR) is 86.3 cm³/mol. The molecule has 0 amide bonds. The van der Waals surface area contributed by atoms with Crippen molar-refractivity contribution in [2.45, 2.75) is 31.0 Å².